The van der Waals surface area contributed by atoms with Gasteiger partial charge in [0.2, 0.25) is 0 Å². The van der Waals surface area contributed by atoms with Gasteiger partial charge >= 0.3 is 0 Å². The van der Waals surface area contributed by atoms with Crippen LogP contribution in [0, 0.1) is 0 Å². The monoisotopic (exact) mass is 209 g/mol. The molecule has 0 aromatic carbocycles. The average molecular weight is 209 g/mol. The number of hydrogen-bond donors (Lipinski definition) is 1. The highest BCUT2D eigenvalue weighted by atomic mass is 32.1. The molecule has 0 aliphatic carbocycles. The molecular weight excluding hydrogens is 198 g/mol. The van der Waals surface area contributed by atoms with Gasteiger partial charge in [0.25, 0.3) is 0 Å². The van der Waals surface area contributed by atoms with Crippen LogP contribution in [0.3, 0.4) is 0 Å². The fraction of sp³-hybridized carbons (Fsp3) is 0.333. The molecule has 2 rings (SSSR count). The summed E-state index contributed by atoms with van der Waals surface area (Å²) >= 11 is 1.50. The first-order chi connectivity index (χ1) is 6.66. The van der Waals surface area contributed by atoms with Gasteiger partial charge in [-0.1, -0.05) is 0 Å². The first-order valence-corrected chi connectivity index (χ1v) is 5.18. The predicted molar refractivity (Wildman–Crippen MR) is 54.9 cm³/mol. The molecule has 1 N–H and O–H groups in total. The summed E-state index contributed by atoms with van der Waals surface area (Å²) in [5.41, 5.74) is 1.56. The van der Waals surface area contributed by atoms with Crippen LogP contribution >= 0.6 is 11.3 Å². The van der Waals surface area contributed by atoms with E-state index in [1.807, 2.05) is 24.7 Å². The first kappa shape index (κ1) is 9.36. The van der Waals surface area contributed by atoms with Crippen molar-refractivity contribution in [1.82, 2.24) is 14.8 Å². The van der Waals surface area contributed by atoms with Crippen molar-refractivity contribution in [1.29, 1.82) is 0 Å². The molecule has 0 aliphatic heterocycles. The first-order valence-electron chi connectivity index (χ1n) is 4.30. The van der Waals surface area contributed by atoms with E-state index < -0.39 is 6.10 Å². The number of nitrogens with zero attached hydrogens (tertiary/aromatic N) is 3. The molecule has 0 bridgehead atoms. The Hall–Kier alpha value is -1.20. The summed E-state index contributed by atoms with van der Waals surface area (Å²) in [7, 11) is 1.87. The van der Waals surface area contributed by atoms with E-state index in [1.165, 1.54) is 11.3 Å². The van der Waals surface area contributed by atoms with Crippen LogP contribution < -0.4 is 0 Å². The Labute approximate surface area is 85.8 Å². The van der Waals surface area contributed by atoms with Crippen LogP contribution in [0.25, 0.3) is 10.7 Å². The molecular formula is C9H11N3OS. The van der Waals surface area contributed by atoms with E-state index in [0.717, 1.165) is 10.7 Å². The lowest BCUT2D eigenvalue weighted by molar-refractivity contribution is 0.195. The molecule has 2 heterocycles. The molecule has 0 fully saturated rings. The lowest BCUT2D eigenvalue weighted by Crippen LogP contribution is -1.91. The van der Waals surface area contributed by atoms with Crippen LogP contribution in [-0.2, 0) is 7.05 Å². The van der Waals surface area contributed by atoms with Gasteiger partial charge < -0.3 is 5.11 Å². The minimum Gasteiger partial charge on any atom is -0.387 e. The van der Waals surface area contributed by atoms with E-state index in [-0.39, 0.29) is 0 Å². The number of aliphatic hydroxyl groups is 1. The summed E-state index contributed by atoms with van der Waals surface area (Å²) in [4.78, 5) is 4.29. The van der Waals surface area contributed by atoms with Gasteiger partial charge in [-0.3, -0.25) is 4.68 Å². The van der Waals surface area contributed by atoms with E-state index in [9.17, 15) is 5.11 Å². The zero-order chi connectivity index (χ0) is 10.1. The minimum absolute atomic E-state index is 0.510. The maximum absolute atomic E-state index is 9.31. The maximum atomic E-state index is 9.31. The topological polar surface area (TPSA) is 50.9 Å². The second kappa shape index (κ2) is 3.51. The van der Waals surface area contributed by atoms with Gasteiger partial charge in [-0.15, -0.1) is 11.3 Å². The normalized spacial score (nSPS) is 13.1. The van der Waals surface area contributed by atoms with Crippen LogP contribution in [0.15, 0.2) is 17.6 Å². The summed E-state index contributed by atoms with van der Waals surface area (Å²) in [6.07, 6.45) is 1.36. The fourth-order valence-corrected chi connectivity index (χ4v) is 1.99. The van der Waals surface area contributed by atoms with Crippen LogP contribution in [0.2, 0.25) is 0 Å². The second-order valence-corrected chi connectivity index (χ2v) is 3.99. The van der Waals surface area contributed by atoms with Crippen molar-refractivity contribution in [3.8, 4) is 10.7 Å². The highest BCUT2D eigenvalue weighted by molar-refractivity contribution is 7.13. The summed E-state index contributed by atoms with van der Waals surface area (Å²) in [5, 5.41) is 16.2. The molecule has 74 valence electrons. The fourth-order valence-electron chi connectivity index (χ4n) is 1.12. The Morgan fingerprint density at radius 3 is 2.86 bits per heavy atom. The highest BCUT2D eigenvalue weighted by Gasteiger charge is 2.09. The van der Waals surface area contributed by atoms with Gasteiger partial charge in [0.15, 0.2) is 0 Å². The number of thiazole rings is 1. The Morgan fingerprint density at radius 2 is 2.36 bits per heavy atom. The SMILES string of the molecule is CC(O)c1csc(-c2ccn(C)n2)n1. The summed E-state index contributed by atoms with van der Waals surface area (Å²) in [6, 6.07) is 1.91. The van der Waals surface area contributed by atoms with Crippen molar-refractivity contribution in [2.45, 2.75) is 13.0 Å². The third-order valence-corrected chi connectivity index (χ3v) is 2.77. The van der Waals surface area contributed by atoms with E-state index in [0.29, 0.717) is 5.69 Å². The molecule has 0 aliphatic rings. The molecule has 1 unspecified atom stereocenters. The molecule has 0 spiro atoms. The van der Waals surface area contributed by atoms with Crippen molar-refractivity contribution in [2.75, 3.05) is 0 Å². The highest BCUT2D eigenvalue weighted by Crippen LogP contribution is 2.24. The zero-order valence-corrected chi connectivity index (χ0v) is 8.82. The number of rotatable bonds is 2. The van der Waals surface area contributed by atoms with Crippen molar-refractivity contribution < 1.29 is 5.11 Å². The van der Waals surface area contributed by atoms with Gasteiger partial charge in [0.1, 0.15) is 10.7 Å². The Morgan fingerprint density at radius 1 is 1.57 bits per heavy atom. The molecule has 0 saturated carbocycles. The van der Waals surface area contributed by atoms with Crippen molar-refractivity contribution >= 4 is 11.3 Å². The molecule has 2 aromatic rings. The smallest absolute Gasteiger partial charge is 0.144 e. The van der Waals surface area contributed by atoms with Gasteiger partial charge in [0.05, 0.1) is 11.8 Å². The number of hydrogen-bond acceptors (Lipinski definition) is 4. The number of aryl methyl sites for hydroxylation is 1. The molecule has 0 radical (unpaired) electrons. The molecule has 4 nitrogen and oxygen atoms in total. The number of aliphatic hydroxyl groups excluding tert-OH is 1. The average Bonchev–Trinajstić information content (AvgIpc) is 2.70. The van der Waals surface area contributed by atoms with Gasteiger partial charge in [-0.2, -0.15) is 5.10 Å². The Bertz CT molecular complexity index is 433. The molecule has 2 aromatic heterocycles. The van der Waals surface area contributed by atoms with Gasteiger partial charge in [-0.05, 0) is 13.0 Å². The number of aromatic nitrogens is 3. The van der Waals surface area contributed by atoms with E-state index in [2.05, 4.69) is 10.1 Å². The van der Waals surface area contributed by atoms with Crippen LogP contribution in [0.5, 0.6) is 0 Å². The Kier molecular flexibility index (Phi) is 2.35. The largest absolute Gasteiger partial charge is 0.387 e. The summed E-state index contributed by atoms with van der Waals surface area (Å²) in [5.74, 6) is 0. The van der Waals surface area contributed by atoms with Crippen LogP contribution in [0.4, 0.5) is 0 Å². The molecule has 14 heavy (non-hydrogen) atoms. The van der Waals surface area contributed by atoms with Gasteiger partial charge in [0, 0.05) is 18.6 Å². The third-order valence-electron chi connectivity index (χ3n) is 1.88. The molecule has 1 atom stereocenters. The zero-order valence-electron chi connectivity index (χ0n) is 8.01. The van der Waals surface area contributed by atoms with Crippen LogP contribution in [-0.4, -0.2) is 19.9 Å². The maximum Gasteiger partial charge on any atom is 0.144 e. The minimum atomic E-state index is -0.510. The van der Waals surface area contributed by atoms with Gasteiger partial charge in [-0.25, -0.2) is 4.98 Å². The lowest BCUT2D eigenvalue weighted by Gasteiger charge is -1.95. The Balaban J connectivity index is 2.33. The summed E-state index contributed by atoms with van der Waals surface area (Å²) in [6.45, 7) is 1.71. The van der Waals surface area contributed by atoms with Crippen LogP contribution in [0.1, 0.15) is 18.7 Å². The summed E-state index contributed by atoms with van der Waals surface area (Å²) < 4.78 is 1.73. The van der Waals surface area contributed by atoms with Crippen molar-refractivity contribution in [3.05, 3.63) is 23.3 Å². The second-order valence-electron chi connectivity index (χ2n) is 3.13. The van der Waals surface area contributed by atoms with E-state index in [4.69, 9.17) is 0 Å². The third kappa shape index (κ3) is 1.69. The lowest BCUT2D eigenvalue weighted by atomic mass is 10.3. The predicted octanol–water partition coefficient (Wildman–Crippen LogP) is 1.60. The van der Waals surface area contributed by atoms with Crippen molar-refractivity contribution in [2.24, 2.45) is 7.05 Å². The molecule has 0 saturated heterocycles. The molecule has 0 amide bonds. The molecule has 5 heteroatoms. The van der Waals surface area contributed by atoms with E-state index in [1.54, 1.807) is 11.6 Å². The van der Waals surface area contributed by atoms with E-state index >= 15 is 0 Å². The quantitative estimate of drug-likeness (QED) is 0.817. The standard InChI is InChI=1S/C9H11N3OS/c1-6(13)8-5-14-9(10-8)7-3-4-12(2)11-7/h3-6,13H,1-2H3. The van der Waals surface area contributed by atoms with Crippen molar-refractivity contribution in [3.63, 3.8) is 0 Å².